The van der Waals surface area contributed by atoms with E-state index in [1.54, 1.807) is 32.1 Å². The predicted octanol–water partition coefficient (Wildman–Crippen LogP) is 6.22. The van der Waals surface area contributed by atoms with Gasteiger partial charge in [-0.15, -0.1) is 0 Å². The summed E-state index contributed by atoms with van der Waals surface area (Å²) in [5.41, 5.74) is 2.08. The molecule has 0 amide bonds. The summed E-state index contributed by atoms with van der Waals surface area (Å²) in [5, 5.41) is 0. The maximum Gasteiger partial charge on any atom is -0.0152 e. The van der Waals surface area contributed by atoms with Crippen LogP contribution in [-0.2, 0) is 0 Å². The lowest BCUT2D eigenvalue weighted by Gasteiger charge is -2.56. The molecular formula is C21H34. The molecule has 4 rings (SSSR count). The summed E-state index contributed by atoms with van der Waals surface area (Å²) in [6.45, 7) is 9.27. The molecule has 7 unspecified atom stereocenters. The van der Waals surface area contributed by atoms with Crippen LogP contribution in [0.25, 0.3) is 0 Å². The zero-order valence-electron chi connectivity index (χ0n) is 14.2. The van der Waals surface area contributed by atoms with Gasteiger partial charge in [-0.1, -0.05) is 38.3 Å². The highest BCUT2D eigenvalue weighted by molar-refractivity contribution is 5.13. The fourth-order valence-electron chi connectivity index (χ4n) is 7.64. The molecule has 0 heterocycles. The molecule has 0 bridgehead atoms. The summed E-state index contributed by atoms with van der Waals surface area (Å²) in [6, 6.07) is 0. The van der Waals surface area contributed by atoms with Gasteiger partial charge in [0.2, 0.25) is 0 Å². The lowest BCUT2D eigenvalue weighted by atomic mass is 9.49. The Morgan fingerprint density at radius 3 is 2.48 bits per heavy atom. The Hall–Kier alpha value is -0.260. The van der Waals surface area contributed by atoms with Gasteiger partial charge in [-0.2, -0.15) is 0 Å². The van der Waals surface area contributed by atoms with Gasteiger partial charge < -0.3 is 0 Å². The first-order chi connectivity index (χ1) is 10.1. The molecule has 0 heteroatoms. The van der Waals surface area contributed by atoms with Gasteiger partial charge in [0.15, 0.2) is 0 Å². The zero-order valence-corrected chi connectivity index (χ0v) is 14.2. The van der Waals surface area contributed by atoms with Crippen LogP contribution in [0.1, 0.15) is 78.1 Å². The van der Waals surface area contributed by atoms with Crippen LogP contribution >= 0.6 is 0 Å². The Morgan fingerprint density at radius 1 is 0.857 bits per heavy atom. The number of allylic oxidation sites excluding steroid dienone is 1. The van der Waals surface area contributed by atoms with E-state index in [9.17, 15) is 0 Å². The van der Waals surface area contributed by atoms with E-state index in [2.05, 4.69) is 20.4 Å². The summed E-state index contributed by atoms with van der Waals surface area (Å²) >= 11 is 0. The summed E-state index contributed by atoms with van der Waals surface area (Å²) in [7, 11) is 0. The first kappa shape index (κ1) is 14.3. The van der Waals surface area contributed by atoms with Gasteiger partial charge in [0.05, 0.1) is 0 Å². The van der Waals surface area contributed by atoms with E-state index in [0.29, 0.717) is 5.41 Å². The van der Waals surface area contributed by atoms with Crippen LogP contribution in [0.15, 0.2) is 12.2 Å². The molecule has 21 heavy (non-hydrogen) atoms. The fourth-order valence-corrected chi connectivity index (χ4v) is 7.64. The van der Waals surface area contributed by atoms with Crippen LogP contribution < -0.4 is 0 Å². The van der Waals surface area contributed by atoms with Crippen molar-refractivity contribution in [3.63, 3.8) is 0 Å². The molecule has 0 aromatic heterocycles. The first-order valence-electron chi connectivity index (χ1n) is 9.76. The molecule has 118 valence electrons. The second-order valence-electron chi connectivity index (χ2n) is 9.24. The SMILES string of the molecule is C=C(C)C1CCC2C3CCC4CCCCC4C3CCC12C. The smallest absolute Gasteiger partial charge is 0.0152 e. The minimum atomic E-state index is 0.606. The average molecular weight is 287 g/mol. The Morgan fingerprint density at radius 2 is 1.67 bits per heavy atom. The molecule has 0 aromatic rings. The van der Waals surface area contributed by atoms with Crippen molar-refractivity contribution in [2.45, 2.75) is 78.1 Å². The van der Waals surface area contributed by atoms with Gasteiger partial charge in [-0.3, -0.25) is 0 Å². The third-order valence-corrected chi connectivity index (χ3v) is 8.48. The van der Waals surface area contributed by atoms with Crippen LogP contribution in [0.5, 0.6) is 0 Å². The topological polar surface area (TPSA) is 0 Å². The van der Waals surface area contributed by atoms with Gasteiger partial charge in [-0.05, 0) is 92.8 Å². The predicted molar refractivity (Wildman–Crippen MR) is 90.0 cm³/mol. The molecule has 0 aromatic carbocycles. The maximum atomic E-state index is 4.34. The Labute approximate surface area is 131 Å². The second-order valence-corrected chi connectivity index (χ2v) is 9.24. The van der Waals surface area contributed by atoms with E-state index in [4.69, 9.17) is 0 Å². The number of rotatable bonds is 1. The third kappa shape index (κ3) is 2.07. The zero-order chi connectivity index (χ0) is 14.6. The maximum absolute atomic E-state index is 4.34. The van der Waals surface area contributed by atoms with Crippen molar-refractivity contribution in [3.8, 4) is 0 Å². The Bertz CT molecular complexity index is 422. The average Bonchev–Trinajstić information content (AvgIpc) is 2.84. The minimum absolute atomic E-state index is 0.606. The van der Waals surface area contributed by atoms with Crippen molar-refractivity contribution in [1.82, 2.24) is 0 Å². The van der Waals surface area contributed by atoms with Gasteiger partial charge in [0.25, 0.3) is 0 Å². The van der Waals surface area contributed by atoms with Crippen molar-refractivity contribution in [1.29, 1.82) is 0 Å². The summed E-state index contributed by atoms with van der Waals surface area (Å²) < 4.78 is 0. The number of fused-ring (bicyclic) bond motifs is 5. The summed E-state index contributed by atoms with van der Waals surface area (Å²) in [4.78, 5) is 0. The molecule has 4 fully saturated rings. The molecule has 4 aliphatic carbocycles. The third-order valence-electron chi connectivity index (χ3n) is 8.48. The molecule has 0 nitrogen and oxygen atoms in total. The highest BCUT2D eigenvalue weighted by Gasteiger charge is 2.56. The fraction of sp³-hybridized carbons (Fsp3) is 0.905. The lowest BCUT2D eigenvalue weighted by molar-refractivity contribution is -0.0579. The van der Waals surface area contributed by atoms with Crippen molar-refractivity contribution < 1.29 is 0 Å². The number of hydrogen-bond acceptors (Lipinski definition) is 0. The standard InChI is InChI=1S/C21H34/c1-14(2)19-10-11-20-18-9-8-15-6-4-5-7-16(15)17(18)12-13-21(19,20)3/h15-20H,1,4-13H2,2-3H3. The molecule has 0 radical (unpaired) electrons. The van der Waals surface area contributed by atoms with Crippen LogP contribution in [0.3, 0.4) is 0 Å². The minimum Gasteiger partial charge on any atom is -0.0998 e. The largest absolute Gasteiger partial charge is 0.0998 e. The molecular weight excluding hydrogens is 252 g/mol. The molecule has 0 aliphatic heterocycles. The summed E-state index contributed by atoms with van der Waals surface area (Å²) in [5.74, 6) is 6.26. The van der Waals surface area contributed by atoms with Gasteiger partial charge >= 0.3 is 0 Å². The van der Waals surface area contributed by atoms with E-state index in [1.165, 1.54) is 37.7 Å². The molecule has 4 aliphatic rings. The van der Waals surface area contributed by atoms with E-state index in [-0.39, 0.29) is 0 Å². The van der Waals surface area contributed by atoms with E-state index < -0.39 is 0 Å². The van der Waals surface area contributed by atoms with Gasteiger partial charge in [-0.25, -0.2) is 0 Å². The van der Waals surface area contributed by atoms with E-state index >= 15 is 0 Å². The van der Waals surface area contributed by atoms with Crippen molar-refractivity contribution in [2.75, 3.05) is 0 Å². The van der Waals surface area contributed by atoms with Crippen molar-refractivity contribution in [3.05, 3.63) is 12.2 Å². The Kier molecular flexibility index (Phi) is 3.51. The molecule has 0 saturated heterocycles. The van der Waals surface area contributed by atoms with Gasteiger partial charge in [0, 0.05) is 0 Å². The molecule has 7 atom stereocenters. The van der Waals surface area contributed by atoms with Crippen LogP contribution in [0.2, 0.25) is 0 Å². The van der Waals surface area contributed by atoms with Crippen LogP contribution in [0.4, 0.5) is 0 Å². The summed E-state index contributed by atoms with van der Waals surface area (Å²) in [6.07, 6.45) is 15.3. The highest BCUT2D eigenvalue weighted by atomic mass is 14.6. The lowest BCUT2D eigenvalue weighted by Crippen LogP contribution is -2.48. The quantitative estimate of drug-likeness (QED) is 0.502. The molecule has 0 spiro atoms. The van der Waals surface area contributed by atoms with E-state index in [0.717, 1.165) is 35.5 Å². The second kappa shape index (κ2) is 5.14. The highest BCUT2D eigenvalue weighted by Crippen LogP contribution is 2.65. The van der Waals surface area contributed by atoms with Crippen LogP contribution in [-0.4, -0.2) is 0 Å². The number of hydrogen-bond donors (Lipinski definition) is 0. The van der Waals surface area contributed by atoms with Crippen molar-refractivity contribution in [2.24, 2.45) is 40.9 Å². The Balaban J connectivity index is 1.59. The van der Waals surface area contributed by atoms with Crippen molar-refractivity contribution >= 4 is 0 Å². The van der Waals surface area contributed by atoms with Crippen LogP contribution in [0, 0.1) is 40.9 Å². The van der Waals surface area contributed by atoms with E-state index in [1.807, 2.05) is 0 Å². The first-order valence-corrected chi connectivity index (χ1v) is 9.76. The molecule has 4 saturated carbocycles. The normalized spacial score (nSPS) is 52.7. The van der Waals surface area contributed by atoms with Gasteiger partial charge in [0.1, 0.15) is 0 Å². The molecule has 0 N–H and O–H groups in total. The monoisotopic (exact) mass is 286 g/mol.